The van der Waals surface area contributed by atoms with Gasteiger partial charge in [0, 0.05) is 12.7 Å². The molecule has 2 aromatic heterocycles. The number of fused-ring (bicyclic) bond motifs is 1. The molecule has 1 fully saturated rings. The molecule has 0 radical (unpaired) electrons. The Labute approximate surface area is 128 Å². The Kier molecular flexibility index (Phi) is 3.69. The molecule has 3 rings (SSSR count). The van der Waals surface area contributed by atoms with Gasteiger partial charge in [0.2, 0.25) is 0 Å². The molecule has 1 aliphatic heterocycles. The standard InChI is InChI=1S/C14H19N5O3/c1-14(2,3)22-13(20)18-6-7-21-11(8-18)10-4-5-15-12-16-9-17-19(10)12/h4-5,9,11H,6-8H2,1-3H3. The van der Waals surface area contributed by atoms with Crippen molar-refractivity contribution in [2.45, 2.75) is 32.5 Å². The SMILES string of the molecule is CC(C)(C)OC(=O)N1CCOC(c2ccnc3ncnn23)C1. The number of amides is 1. The maximum atomic E-state index is 12.2. The highest BCUT2D eigenvalue weighted by atomic mass is 16.6. The van der Waals surface area contributed by atoms with Gasteiger partial charge in [0.05, 0.1) is 18.8 Å². The van der Waals surface area contributed by atoms with E-state index >= 15 is 0 Å². The van der Waals surface area contributed by atoms with Crippen LogP contribution < -0.4 is 0 Å². The van der Waals surface area contributed by atoms with E-state index in [1.54, 1.807) is 15.6 Å². The molecule has 0 bridgehead atoms. The van der Waals surface area contributed by atoms with E-state index in [1.807, 2.05) is 26.8 Å². The van der Waals surface area contributed by atoms with E-state index in [2.05, 4.69) is 15.1 Å². The summed E-state index contributed by atoms with van der Waals surface area (Å²) in [6, 6.07) is 1.82. The molecule has 8 heteroatoms. The summed E-state index contributed by atoms with van der Waals surface area (Å²) >= 11 is 0. The van der Waals surface area contributed by atoms with Crippen LogP contribution in [0.5, 0.6) is 0 Å². The van der Waals surface area contributed by atoms with Gasteiger partial charge in [-0.1, -0.05) is 0 Å². The quantitative estimate of drug-likeness (QED) is 0.793. The second-order valence-electron chi connectivity index (χ2n) is 6.13. The zero-order valence-corrected chi connectivity index (χ0v) is 12.9. The zero-order chi connectivity index (χ0) is 15.7. The van der Waals surface area contributed by atoms with Crippen molar-refractivity contribution in [3.63, 3.8) is 0 Å². The molecular weight excluding hydrogens is 286 g/mol. The lowest BCUT2D eigenvalue weighted by Gasteiger charge is -2.34. The van der Waals surface area contributed by atoms with E-state index in [4.69, 9.17) is 9.47 Å². The fourth-order valence-corrected chi connectivity index (χ4v) is 2.32. The first-order valence-corrected chi connectivity index (χ1v) is 7.18. The number of morpholine rings is 1. The molecule has 0 saturated carbocycles. The summed E-state index contributed by atoms with van der Waals surface area (Å²) in [5.74, 6) is 0.510. The van der Waals surface area contributed by atoms with E-state index in [9.17, 15) is 4.79 Å². The fraction of sp³-hybridized carbons (Fsp3) is 0.571. The predicted molar refractivity (Wildman–Crippen MR) is 77.3 cm³/mol. The van der Waals surface area contributed by atoms with Crippen LogP contribution in [-0.2, 0) is 9.47 Å². The zero-order valence-electron chi connectivity index (χ0n) is 12.9. The number of nitrogens with zero attached hydrogens (tertiary/aromatic N) is 5. The van der Waals surface area contributed by atoms with Crippen LogP contribution in [0.4, 0.5) is 4.79 Å². The highest BCUT2D eigenvalue weighted by Gasteiger charge is 2.30. The molecule has 1 amide bonds. The Hall–Kier alpha value is -2.22. The molecule has 0 N–H and O–H groups in total. The molecule has 2 aromatic rings. The molecule has 118 valence electrons. The number of hydrogen-bond acceptors (Lipinski definition) is 6. The molecule has 0 spiro atoms. The van der Waals surface area contributed by atoms with Crippen molar-refractivity contribution >= 4 is 11.9 Å². The lowest BCUT2D eigenvalue weighted by Crippen LogP contribution is -2.45. The third-order valence-corrected chi connectivity index (χ3v) is 3.26. The highest BCUT2D eigenvalue weighted by molar-refractivity contribution is 5.68. The summed E-state index contributed by atoms with van der Waals surface area (Å²) < 4.78 is 12.8. The van der Waals surface area contributed by atoms with Gasteiger partial charge >= 0.3 is 6.09 Å². The molecule has 8 nitrogen and oxygen atoms in total. The normalized spacial score (nSPS) is 19.4. The molecule has 3 heterocycles. The van der Waals surface area contributed by atoms with Crippen LogP contribution in [0.25, 0.3) is 5.78 Å². The maximum absolute atomic E-state index is 12.2. The minimum atomic E-state index is -0.513. The van der Waals surface area contributed by atoms with Crippen molar-refractivity contribution in [3.05, 3.63) is 24.3 Å². The monoisotopic (exact) mass is 305 g/mol. The third-order valence-electron chi connectivity index (χ3n) is 3.26. The number of carbonyl (C=O) groups is 1. The van der Waals surface area contributed by atoms with Gasteiger partial charge in [0.25, 0.3) is 5.78 Å². The van der Waals surface area contributed by atoms with E-state index < -0.39 is 5.60 Å². The van der Waals surface area contributed by atoms with Gasteiger partial charge in [-0.15, -0.1) is 0 Å². The molecule has 22 heavy (non-hydrogen) atoms. The summed E-state index contributed by atoms with van der Waals surface area (Å²) in [6.07, 6.45) is 2.49. The van der Waals surface area contributed by atoms with Crippen LogP contribution in [0.2, 0.25) is 0 Å². The van der Waals surface area contributed by atoms with Crippen LogP contribution in [0, 0.1) is 0 Å². The number of ether oxygens (including phenoxy) is 2. The Balaban J connectivity index is 1.78. The molecule has 0 aliphatic carbocycles. The minimum absolute atomic E-state index is 0.284. The van der Waals surface area contributed by atoms with Crippen LogP contribution >= 0.6 is 0 Å². The van der Waals surface area contributed by atoms with Crippen LogP contribution in [-0.4, -0.2) is 55.9 Å². The molecule has 1 atom stereocenters. The number of carbonyl (C=O) groups excluding carboxylic acids is 1. The van der Waals surface area contributed by atoms with Crippen LogP contribution in [0.1, 0.15) is 32.6 Å². The first kappa shape index (κ1) is 14.7. The number of hydrogen-bond donors (Lipinski definition) is 0. The summed E-state index contributed by atoms with van der Waals surface area (Å²) in [7, 11) is 0. The second-order valence-corrected chi connectivity index (χ2v) is 6.13. The lowest BCUT2D eigenvalue weighted by atomic mass is 10.2. The van der Waals surface area contributed by atoms with Crippen LogP contribution in [0.3, 0.4) is 0 Å². The van der Waals surface area contributed by atoms with Gasteiger partial charge < -0.3 is 14.4 Å². The van der Waals surface area contributed by atoms with Gasteiger partial charge in [-0.05, 0) is 26.8 Å². The van der Waals surface area contributed by atoms with Crippen molar-refractivity contribution < 1.29 is 14.3 Å². The van der Waals surface area contributed by atoms with Gasteiger partial charge in [-0.25, -0.2) is 9.78 Å². The lowest BCUT2D eigenvalue weighted by molar-refractivity contribution is -0.0454. The topological polar surface area (TPSA) is 81.8 Å². The van der Waals surface area contributed by atoms with Gasteiger partial charge in [-0.3, -0.25) is 0 Å². The summed E-state index contributed by atoms with van der Waals surface area (Å²) in [4.78, 5) is 22.0. The average Bonchev–Trinajstić information content (AvgIpc) is 2.94. The summed E-state index contributed by atoms with van der Waals surface area (Å²) in [5.41, 5.74) is 0.302. The van der Waals surface area contributed by atoms with Crippen molar-refractivity contribution in [2.75, 3.05) is 19.7 Å². The van der Waals surface area contributed by atoms with Crippen molar-refractivity contribution in [3.8, 4) is 0 Å². The average molecular weight is 305 g/mol. The van der Waals surface area contributed by atoms with Gasteiger partial charge in [-0.2, -0.15) is 14.6 Å². The Bertz CT molecular complexity index is 678. The maximum Gasteiger partial charge on any atom is 0.410 e. The second kappa shape index (κ2) is 5.53. The molecule has 1 aliphatic rings. The smallest absolute Gasteiger partial charge is 0.410 e. The molecule has 1 unspecified atom stereocenters. The van der Waals surface area contributed by atoms with E-state index in [1.165, 1.54) is 6.33 Å². The van der Waals surface area contributed by atoms with E-state index in [0.717, 1.165) is 5.69 Å². The molecular formula is C14H19N5O3. The third kappa shape index (κ3) is 3.01. The highest BCUT2D eigenvalue weighted by Crippen LogP contribution is 2.23. The summed E-state index contributed by atoms with van der Waals surface area (Å²) in [6.45, 7) is 6.92. The number of aromatic nitrogens is 4. The van der Waals surface area contributed by atoms with Crippen molar-refractivity contribution in [1.82, 2.24) is 24.5 Å². The largest absolute Gasteiger partial charge is 0.444 e. The van der Waals surface area contributed by atoms with Crippen LogP contribution in [0.15, 0.2) is 18.6 Å². The predicted octanol–water partition coefficient (Wildman–Crippen LogP) is 1.43. The minimum Gasteiger partial charge on any atom is -0.444 e. The van der Waals surface area contributed by atoms with Gasteiger partial charge in [0.15, 0.2) is 0 Å². The van der Waals surface area contributed by atoms with Crippen molar-refractivity contribution in [2.24, 2.45) is 0 Å². The van der Waals surface area contributed by atoms with Crippen molar-refractivity contribution in [1.29, 1.82) is 0 Å². The Morgan fingerprint density at radius 1 is 1.41 bits per heavy atom. The Morgan fingerprint density at radius 3 is 3.00 bits per heavy atom. The fourth-order valence-electron chi connectivity index (χ4n) is 2.32. The first-order valence-electron chi connectivity index (χ1n) is 7.18. The first-order chi connectivity index (χ1) is 10.4. The molecule has 1 saturated heterocycles. The molecule has 0 aromatic carbocycles. The Morgan fingerprint density at radius 2 is 2.23 bits per heavy atom. The summed E-state index contributed by atoms with van der Waals surface area (Å²) in [5, 5.41) is 4.15. The van der Waals surface area contributed by atoms with Gasteiger partial charge in [0.1, 0.15) is 18.0 Å². The van der Waals surface area contributed by atoms with E-state index in [-0.39, 0.29) is 12.2 Å². The number of rotatable bonds is 1. The van der Waals surface area contributed by atoms with E-state index in [0.29, 0.717) is 25.5 Å².